The van der Waals surface area contributed by atoms with E-state index in [4.69, 9.17) is 0 Å². The second-order valence-corrected chi connectivity index (χ2v) is 3.94. The average molecular weight is 203 g/mol. The van der Waals surface area contributed by atoms with Gasteiger partial charge in [-0.2, -0.15) is 0 Å². The van der Waals surface area contributed by atoms with Crippen LogP contribution in [0.1, 0.15) is 12.5 Å². The van der Waals surface area contributed by atoms with Gasteiger partial charge in [0.1, 0.15) is 0 Å². The minimum atomic E-state index is -0.341. The Kier molecular flexibility index (Phi) is 2.54. The van der Waals surface area contributed by atoms with Gasteiger partial charge in [-0.1, -0.05) is 37.3 Å². The van der Waals surface area contributed by atoms with Crippen LogP contribution in [-0.4, -0.2) is 23.1 Å². The van der Waals surface area contributed by atoms with Crippen molar-refractivity contribution in [1.29, 1.82) is 0 Å². The average Bonchev–Trinajstić information content (AvgIpc) is 2.48. The summed E-state index contributed by atoms with van der Waals surface area (Å²) in [4.78, 5) is 24.4. The first-order valence-electron chi connectivity index (χ1n) is 5.05. The molecule has 1 fully saturated rings. The first kappa shape index (κ1) is 9.90. The molecule has 1 heterocycles. The second kappa shape index (κ2) is 3.85. The van der Waals surface area contributed by atoms with E-state index in [1.165, 1.54) is 0 Å². The molecule has 0 bridgehead atoms. The zero-order chi connectivity index (χ0) is 10.8. The molecule has 1 aliphatic heterocycles. The molecule has 1 aromatic rings. The van der Waals surface area contributed by atoms with Gasteiger partial charge >= 0.3 is 0 Å². The molecule has 1 saturated heterocycles. The van der Waals surface area contributed by atoms with Crippen molar-refractivity contribution >= 4 is 11.7 Å². The van der Waals surface area contributed by atoms with E-state index in [1.807, 2.05) is 30.3 Å². The lowest BCUT2D eigenvalue weighted by Crippen LogP contribution is -2.26. The fraction of sp³-hybridized carbons (Fsp3) is 0.333. The summed E-state index contributed by atoms with van der Waals surface area (Å²) in [7, 11) is 0. The van der Waals surface area contributed by atoms with Crippen LogP contribution in [0.25, 0.3) is 0 Å². The molecule has 3 nitrogen and oxygen atoms in total. The van der Waals surface area contributed by atoms with Crippen LogP contribution in [0.5, 0.6) is 0 Å². The van der Waals surface area contributed by atoms with Crippen molar-refractivity contribution in [2.24, 2.45) is 5.92 Å². The van der Waals surface area contributed by atoms with Gasteiger partial charge in [-0.05, 0) is 5.56 Å². The number of amides is 1. The minimum absolute atomic E-state index is 0.152. The van der Waals surface area contributed by atoms with E-state index in [9.17, 15) is 9.59 Å². The van der Waals surface area contributed by atoms with Gasteiger partial charge in [0.15, 0.2) is 0 Å². The quantitative estimate of drug-likeness (QED) is 0.678. The Hall–Kier alpha value is -1.64. The minimum Gasteiger partial charge on any atom is -0.331 e. The Morgan fingerprint density at radius 3 is 2.47 bits per heavy atom. The highest BCUT2D eigenvalue weighted by molar-refractivity contribution is 6.38. The van der Waals surface area contributed by atoms with Crippen LogP contribution in [0, 0.1) is 5.92 Å². The molecule has 0 saturated carbocycles. The maximum absolute atomic E-state index is 11.5. The Bertz CT molecular complexity index is 386. The summed E-state index contributed by atoms with van der Waals surface area (Å²) in [6.45, 7) is 2.88. The second-order valence-electron chi connectivity index (χ2n) is 3.94. The molecule has 15 heavy (non-hydrogen) atoms. The van der Waals surface area contributed by atoms with Gasteiger partial charge in [0.2, 0.25) is 5.78 Å². The van der Waals surface area contributed by atoms with Gasteiger partial charge in [0.25, 0.3) is 5.91 Å². The SMILES string of the molecule is C[C@H]1CN(Cc2ccccc2)C(=O)C1=O. The van der Waals surface area contributed by atoms with Crippen molar-refractivity contribution in [3.8, 4) is 0 Å². The zero-order valence-electron chi connectivity index (χ0n) is 8.64. The Labute approximate surface area is 88.7 Å². The first-order valence-corrected chi connectivity index (χ1v) is 5.05. The molecule has 2 rings (SSSR count). The van der Waals surface area contributed by atoms with Gasteiger partial charge in [0.05, 0.1) is 0 Å². The molecule has 0 radical (unpaired) electrons. The van der Waals surface area contributed by atoms with Crippen molar-refractivity contribution in [1.82, 2.24) is 4.90 Å². The lowest BCUT2D eigenvalue weighted by atomic mass is 10.1. The number of carbonyl (C=O) groups is 2. The number of rotatable bonds is 2. The number of carbonyl (C=O) groups excluding carboxylic acids is 2. The van der Waals surface area contributed by atoms with Crippen LogP contribution in [-0.2, 0) is 16.1 Å². The smallest absolute Gasteiger partial charge is 0.290 e. The van der Waals surface area contributed by atoms with Crippen LogP contribution >= 0.6 is 0 Å². The lowest BCUT2D eigenvalue weighted by Gasteiger charge is -2.14. The van der Waals surface area contributed by atoms with Crippen molar-refractivity contribution in [3.05, 3.63) is 35.9 Å². The number of Topliss-reactive ketones (excluding diaryl/α,β-unsaturated/α-hetero) is 1. The van der Waals surface area contributed by atoms with Crippen LogP contribution in [0.4, 0.5) is 0 Å². The van der Waals surface area contributed by atoms with Crippen LogP contribution in [0.2, 0.25) is 0 Å². The molecule has 0 unspecified atom stereocenters. The normalized spacial score (nSPS) is 21.1. The lowest BCUT2D eigenvalue weighted by molar-refractivity contribution is -0.140. The summed E-state index contributed by atoms with van der Waals surface area (Å²) in [5, 5.41) is 0. The van der Waals surface area contributed by atoms with Crippen LogP contribution < -0.4 is 0 Å². The Balaban J connectivity index is 2.09. The van der Waals surface area contributed by atoms with E-state index in [1.54, 1.807) is 11.8 Å². The molecular weight excluding hydrogens is 190 g/mol. The fourth-order valence-electron chi connectivity index (χ4n) is 1.80. The van der Waals surface area contributed by atoms with Crippen LogP contribution in [0.15, 0.2) is 30.3 Å². The molecule has 0 aliphatic carbocycles. The molecule has 1 aliphatic rings. The number of hydrogen-bond donors (Lipinski definition) is 0. The maximum atomic E-state index is 11.5. The molecule has 0 N–H and O–H groups in total. The van der Waals surface area contributed by atoms with Crippen molar-refractivity contribution < 1.29 is 9.59 Å². The maximum Gasteiger partial charge on any atom is 0.290 e. The molecule has 1 atom stereocenters. The van der Waals surface area contributed by atoms with Gasteiger partial charge in [-0.25, -0.2) is 0 Å². The number of hydrogen-bond acceptors (Lipinski definition) is 2. The van der Waals surface area contributed by atoms with Crippen LogP contribution in [0.3, 0.4) is 0 Å². The van der Waals surface area contributed by atoms with Crippen molar-refractivity contribution in [2.75, 3.05) is 6.54 Å². The summed E-state index contributed by atoms with van der Waals surface area (Å²) < 4.78 is 0. The molecular formula is C12H13NO2. The number of nitrogens with zero attached hydrogens (tertiary/aromatic N) is 1. The predicted molar refractivity (Wildman–Crippen MR) is 56.0 cm³/mol. The van der Waals surface area contributed by atoms with Gasteiger partial charge < -0.3 is 4.90 Å². The number of benzene rings is 1. The summed E-state index contributed by atoms with van der Waals surface area (Å²) in [6, 6.07) is 9.72. The third-order valence-electron chi connectivity index (χ3n) is 2.66. The highest BCUT2D eigenvalue weighted by atomic mass is 16.2. The van der Waals surface area contributed by atoms with E-state index in [0.717, 1.165) is 5.56 Å². The van der Waals surface area contributed by atoms with Gasteiger partial charge in [-0.15, -0.1) is 0 Å². The van der Waals surface area contributed by atoms with E-state index in [0.29, 0.717) is 13.1 Å². The highest BCUT2D eigenvalue weighted by Crippen LogP contribution is 2.16. The largest absolute Gasteiger partial charge is 0.331 e. The predicted octanol–water partition coefficient (Wildman–Crippen LogP) is 1.23. The van der Waals surface area contributed by atoms with Gasteiger partial charge in [-0.3, -0.25) is 9.59 Å². The van der Waals surface area contributed by atoms with E-state index in [2.05, 4.69) is 0 Å². The third kappa shape index (κ3) is 1.91. The van der Waals surface area contributed by atoms with Crippen molar-refractivity contribution in [2.45, 2.75) is 13.5 Å². The van der Waals surface area contributed by atoms with E-state index < -0.39 is 0 Å². The van der Waals surface area contributed by atoms with Crippen molar-refractivity contribution in [3.63, 3.8) is 0 Å². The monoisotopic (exact) mass is 203 g/mol. The van der Waals surface area contributed by atoms with E-state index >= 15 is 0 Å². The Morgan fingerprint density at radius 2 is 1.93 bits per heavy atom. The molecule has 0 spiro atoms. The molecule has 1 aromatic carbocycles. The standard InChI is InChI=1S/C12H13NO2/c1-9-7-13(12(15)11(9)14)8-10-5-3-2-4-6-10/h2-6,9H,7-8H2,1H3/t9-/m0/s1. The molecule has 1 amide bonds. The first-order chi connectivity index (χ1) is 7.18. The summed E-state index contributed by atoms with van der Waals surface area (Å²) >= 11 is 0. The topological polar surface area (TPSA) is 37.4 Å². The number of ketones is 1. The number of likely N-dealkylation sites (tertiary alicyclic amines) is 1. The third-order valence-corrected chi connectivity index (χ3v) is 2.66. The summed E-state index contributed by atoms with van der Waals surface area (Å²) in [5.41, 5.74) is 1.06. The molecule has 3 heteroatoms. The fourth-order valence-corrected chi connectivity index (χ4v) is 1.80. The molecule has 0 aromatic heterocycles. The highest BCUT2D eigenvalue weighted by Gasteiger charge is 2.35. The Morgan fingerprint density at radius 1 is 1.27 bits per heavy atom. The summed E-state index contributed by atoms with van der Waals surface area (Å²) in [6.07, 6.45) is 0. The summed E-state index contributed by atoms with van der Waals surface area (Å²) in [5.74, 6) is -0.751. The van der Waals surface area contributed by atoms with E-state index in [-0.39, 0.29) is 17.6 Å². The molecule has 78 valence electrons. The van der Waals surface area contributed by atoms with Gasteiger partial charge in [0, 0.05) is 19.0 Å². The zero-order valence-corrected chi connectivity index (χ0v) is 8.64.